The van der Waals surface area contributed by atoms with Crippen molar-refractivity contribution in [2.45, 2.75) is 31.7 Å². The minimum atomic E-state index is -4.22. The molecule has 0 spiro atoms. The number of amides is 1. The maximum absolute atomic E-state index is 12.8. The van der Waals surface area contributed by atoms with Crippen LogP contribution in [0, 0.1) is 0 Å². The summed E-state index contributed by atoms with van der Waals surface area (Å²) in [6, 6.07) is 11.3. The van der Waals surface area contributed by atoms with Gasteiger partial charge in [0, 0.05) is 52.4 Å². The highest BCUT2D eigenvalue weighted by molar-refractivity contribution is 7.84. The molecule has 14 nitrogen and oxygen atoms in total. The van der Waals surface area contributed by atoms with Crippen LogP contribution in [-0.2, 0) is 27.3 Å². The highest BCUT2D eigenvalue weighted by atomic mass is 35.5. The van der Waals surface area contributed by atoms with E-state index < -0.39 is 10.3 Å². The molecule has 5 N–H and O–H groups in total. The number of fused-ring (bicyclic) bond motifs is 1. The number of aliphatic hydroxyl groups excluding tert-OH is 1. The predicted molar refractivity (Wildman–Crippen MR) is 185 cm³/mol. The Labute approximate surface area is 286 Å². The van der Waals surface area contributed by atoms with Gasteiger partial charge in [-0.15, -0.1) is 0 Å². The summed E-state index contributed by atoms with van der Waals surface area (Å²) in [5.41, 5.74) is 3.84. The third-order valence-electron chi connectivity index (χ3n) is 8.78. The number of methoxy groups -OCH3 is 1. The number of halogens is 1. The van der Waals surface area contributed by atoms with E-state index in [0.717, 1.165) is 69.7 Å². The number of β-amino-alcohol motifs (C(OH)–C–C–N with tert-alkyl or cyclic N) is 1. The van der Waals surface area contributed by atoms with Crippen LogP contribution in [0.1, 0.15) is 34.3 Å². The molecule has 1 aromatic heterocycles. The summed E-state index contributed by atoms with van der Waals surface area (Å²) in [6.45, 7) is 4.44. The van der Waals surface area contributed by atoms with E-state index in [4.69, 9.17) is 30.6 Å². The maximum atomic E-state index is 12.8. The van der Waals surface area contributed by atoms with E-state index >= 15 is 0 Å². The fourth-order valence-corrected chi connectivity index (χ4v) is 6.99. The number of rotatable bonds is 13. The average molecular weight is 703 g/mol. The van der Waals surface area contributed by atoms with Crippen LogP contribution in [0.4, 0.5) is 23.1 Å². The number of hydrogen-bond donors (Lipinski definition) is 4. The highest BCUT2D eigenvalue weighted by Gasteiger charge is 2.28. The van der Waals surface area contributed by atoms with Crippen LogP contribution in [0.5, 0.6) is 5.75 Å². The molecule has 260 valence electrons. The van der Waals surface area contributed by atoms with Crippen LogP contribution in [0.3, 0.4) is 0 Å². The smallest absolute Gasteiger partial charge is 0.333 e. The number of aliphatic hydroxyl groups is 1. The van der Waals surface area contributed by atoms with Crippen LogP contribution < -0.4 is 25.4 Å². The Balaban J connectivity index is 1.42. The van der Waals surface area contributed by atoms with Gasteiger partial charge in [0.15, 0.2) is 5.82 Å². The monoisotopic (exact) mass is 702 g/mol. The Morgan fingerprint density at radius 3 is 2.67 bits per heavy atom. The summed E-state index contributed by atoms with van der Waals surface area (Å²) in [5.74, 6) is 0.811. The van der Waals surface area contributed by atoms with Gasteiger partial charge in [0.2, 0.25) is 5.95 Å². The molecule has 2 aliphatic rings. The van der Waals surface area contributed by atoms with E-state index in [9.17, 15) is 18.3 Å². The summed E-state index contributed by atoms with van der Waals surface area (Å²) in [4.78, 5) is 28.4. The van der Waals surface area contributed by atoms with Crippen molar-refractivity contribution >= 4 is 51.0 Å². The van der Waals surface area contributed by atoms with E-state index in [1.54, 1.807) is 36.3 Å². The molecule has 0 radical (unpaired) electrons. The largest absolute Gasteiger partial charge is 0.494 e. The Morgan fingerprint density at radius 2 is 1.96 bits per heavy atom. The first-order valence-corrected chi connectivity index (χ1v) is 17.8. The maximum Gasteiger partial charge on any atom is 0.333 e. The molecule has 1 fully saturated rings. The standard InChI is InChI=1S/C32H43ClN8O6S/c1-35-31(43)25-7-3-4-9-28(25)41(17-19-47-48(34,44)45)30-26(33)21-36-32(38-30)37-27-11-10-22-20-23(6-5-8-24(22)29(27)46-2)40-14-12-39(13-15-40)16-18-42/h3-4,7,9-11,21,23,42H,5-6,8,12-20H2,1-2H3,(H,35,43)(H2,34,44,45)(H,36,37,38). The van der Waals surface area contributed by atoms with Gasteiger partial charge in [0.05, 0.1) is 43.5 Å². The van der Waals surface area contributed by atoms with Gasteiger partial charge >= 0.3 is 10.3 Å². The number of benzene rings is 2. The molecule has 1 saturated heterocycles. The lowest BCUT2D eigenvalue weighted by Gasteiger charge is -2.39. The van der Waals surface area contributed by atoms with Gasteiger partial charge < -0.3 is 25.4 Å². The second kappa shape index (κ2) is 16.2. The van der Waals surface area contributed by atoms with Crippen molar-refractivity contribution in [3.05, 3.63) is 64.3 Å². The van der Waals surface area contributed by atoms with Gasteiger partial charge in [-0.2, -0.15) is 13.4 Å². The van der Waals surface area contributed by atoms with Crippen molar-refractivity contribution < 1.29 is 27.2 Å². The molecule has 16 heteroatoms. The summed E-state index contributed by atoms with van der Waals surface area (Å²) in [7, 11) is -1.05. The molecular weight excluding hydrogens is 660 g/mol. The summed E-state index contributed by atoms with van der Waals surface area (Å²) < 4.78 is 33.9. The number of para-hydroxylation sites is 1. The number of aromatic nitrogens is 2. The normalized spacial score (nSPS) is 17.3. The summed E-state index contributed by atoms with van der Waals surface area (Å²) >= 11 is 6.63. The molecule has 5 rings (SSSR count). The first-order valence-electron chi connectivity index (χ1n) is 15.9. The third kappa shape index (κ3) is 8.71. The van der Waals surface area contributed by atoms with Crippen LogP contribution in [0.15, 0.2) is 42.6 Å². The zero-order valence-corrected chi connectivity index (χ0v) is 28.8. The van der Waals surface area contributed by atoms with Crippen LogP contribution >= 0.6 is 11.6 Å². The minimum Gasteiger partial charge on any atom is -0.494 e. The molecule has 48 heavy (non-hydrogen) atoms. The molecule has 2 aromatic carbocycles. The average Bonchev–Trinajstić information content (AvgIpc) is 3.30. The molecule has 1 aliphatic carbocycles. The molecule has 1 amide bonds. The molecule has 3 aromatic rings. The Hall–Kier alpha value is -3.57. The lowest BCUT2D eigenvalue weighted by molar-refractivity contribution is 0.0805. The summed E-state index contributed by atoms with van der Waals surface area (Å²) in [5, 5.41) is 20.5. The third-order valence-corrected chi connectivity index (χ3v) is 9.54. The van der Waals surface area contributed by atoms with E-state index in [1.807, 2.05) is 6.07 Å². The molecule has 0 saturated carbocycles. The number of carbonyl (C=O) groups is 1. The number of piperazine rings is 1. The number of nitrogens with two attached hydrogens (primary N) is 1. The molecular formula is C32H43ClN8O6S. The van der Waals surface area contributed by atoms with Crippen LogP contribution in [0.25, 0.3) is 0 Å². The predicted octanol–water partition coefficient (Wildman–Crippen LogP) is 2.46. The zero-order valence-electron chi connectivity index (χ0n) is 27.2. The van der Waals surface area contributed by atoms with Gasteiger partial charge in [-0.1, -0.05) is 29.8 Å². The van der Waals surface area contributed by atoms with Crippen molar-refractivity contribution in [3.63, 3.8) is 0 Å². The lowest BCUT2D eigenvalue weighted by atomic mass is 9.98. The van der Waals surface area contributed by atoms with Crippen molar-refractivity contribution in [1.29, 1.82) is 0 Å². The minimum absolute atomic E-state index is 0.0551. The second-order valence-electron chi connectivity index (χ2n) is 11.7. The number of hydrogen-bond acceptors (Lipinski definition) is 12. The Kier molecular flexibility index (Phi) is 12.1. The van der Waals surface area contributed by atoms with Gasteiger partial charge in [0.25, 0.3) is 5.91 Å². The first kappa shape index (κ1) is 35.7. The summed E-state index contributed by atoms with van der Waals surface area (Å²) in [6.07, 6.45) is 5.34. The Morgan fingerprint density at radius 1 is 1.19 bits per heavy atom. The van der Waals surface area contributed by atoms with E-state index in [0.29, 0.717) is 23.0 Å². The highest BCUT2D eigenvalue weighted by Crippen LogP contribution is 2.38. The van der Waals surface area contributed by atoms with Crippen molar-refractivity contribution in [3.8, 4) is 5.75 Å². The number of carbonyl (C=O) groups excluding carboxylic acids is 1. The number of nitrogens with one attached hydrogen (secondary N) is 2. The number of nitrogens with zero attached hydrogens (tertiary/aromatic N) is 5. The second-order valence-corrected chi connectivity index (χ2v) is 13.3. The lowest BCUT2D eigenvalue weighted by Crippen LogP contribution is -2.51. The fourth-order valence-electron chi connectivity index (χ4n) is 6.49. The van der Waals surface area contributed by atoms with Crippen LogP contribution in [0.2, 0.25) is 5.02 Å². The Bertz CT molecular complexity index is 1690. The van der Waals surface area contributed by atoms with Crippen molar-refractivity contribution in [1.82, 2.24) is 25.1 Å². The topological polar surface area (TPSA) is 175 Å². The molecule has 1 aliphatic heterocycles. The zero-order chi connectivity index (χ0) is 34.3. The van der Waals surface area contributed by atoms with E-state index in [1.165, 1.54) is 18.8 Å². The van der Waals surface area contributed by atoms with Gasteiger partial charge in [0.1, 0.15) is 10.8 Å². The van der Waals surface area contributed by atoms with E-state index in [-0.39, 0.29) is 42.5 Å². The molecule has 2 heterocycles. The van der Waals surface area contributed by atoms with Gasteiger partial charge in [-0.3, -0.25) is 18.8 Å². The molecule has 1 atom stereocenters. The van der Waals surface area contributed by atoms with Gasteiger partial charge in [-0.25, -0.2) is 10.1 Å². The number of anilines is 4. The quantitative estimate of drug-likeness (QED) is 0.192. The van der Waals surface area contributed by atoms with Gasteiger partial charge in [-0.05, 0) is 55.0 Å². The molecule has 1 unspecified atom stereocenters. The van der Waals surface area contributed by atoms with E-state index in [2.05, 4.69) is 31.5 Å². The fraction of sp³-hybridized carbons (Fsp3) is 0.469. The first-order chi connectivity index (χ1) is 23.1. The SMILES string of the molecule is CNC(=O)c1ccccc1N(CCOS(N)(=O)=O)c1nc(Nc2ccc3c(c2OC)CCCC(N2CCN(CCO)CC2)C3)ncc1Cl. The van der Waals surface area contributed by atoms with Crippen molar-refractivity contribution in [2.75, 3.05) is 76.9 Å². The molecule has 0 bridgehead atoms. The van der Waals surface area contributed by atoms with Crippen LogP contribution in [-0.4, -0.2) is 112 Å². The van der Waals surface area contributed by atoms with Crippen molar-refractivity contribution in [2.24, 2.45) is 5.14 Å². The number of ether oxygens (including phenoxy) is 1.